The van der Waals surface area contributed by atoms with Crippen molar-refractivity contribution < 1.29 is 9.53 Å². The molecule has 0 spiro atoms. The van der Waals surface area contributed by atoms with E-state index in [1.807, 2.05) is 6.07 Å². The van der Waals surface area contributed by atoms with Gasteiger partial charge < -0.3 is 9.64 Å². The molecule has 0 radical (unpaired) electrons. The van der Waals surface area contributed by atoms with Crippen LogP contribution in [0, 0.1) is 18.3 Å². The molecule has 1 amide bonds. The Morgan fingerprint density at radius 2 is 2.00 bits per heavy atom. The molecule has 0 bridgehead atoms. The van der Waals surface area contributed by atoms with Gasteiger partial charge in [-0.05, 0) is 25.0 Å². The zero-order valence-corrected chi connectivity index (χ0v) is 18.5. The van der Waals surface area contributed by atoms with E-state index in [1.165, 1.54) is 16.3 Å². The maximum absolute atomic E-state index is 12.9. The van der Waals surface area contributed by atoms with Crippen molar-refractivity contribution in [2.24, 2.45) is 7.05 Å². The summed E-state index contributed by atoms with van der Waals surface area (Å²) in [6.07, 6.45) is 3.64. The molecule has 2 aliphatic rings. The van der Waals surface area contributed by atoms with Crippen molar-refractivity contribution in [3.63, 3.8) is 0 Å². The Labute approximate surface area is 179 Å². The molecule has 2 saturated heterocycles. The molecular weight excluding hydrogens is 408 g/mol. The minimum Gasteiger partial charge on any atom is -0.378 e. The average molecular weight is 433 g/mol. The maximum Gasteiger partial charge on any atom is 0.270 e. The molecule has 3 rings (SSSR count). The van der Waals surface area contributed by atoms with E-state index in [4.69, 9.17) is 17.0 Å². The van der Waals surface area contributed by atoms with Crippen LogP contribution in [0.1, 0.15) is 36.5 Å². The Balaban J connectivity index is 2.13. The lowest BCUT2D eigenvalue weighted by Crippen LogP contribution is -2.40. The van der Waals surface area contributed by atoms with E-state index < -0.39 is 0 Å². The Kier molecular flexibility index (Phi) is 6.77. The summed E-state index contributed by atoms with van der Waals surface area (Å²) in [5.41, 5.74) is 1.05. The number of unbranched alkanes of at least 4 members (excludes halogenated alkanes) is 1. The summed E-state index contributed by atoms with van der Waals surface area (Å²) in [5, 5.41) is 9.52. The summed E-state index contributed by atoms with van der Waals surface area (Å²) in [6.45, 7) is 6.82. The summed E-state index contributed by atoms with van der Waals surface area (Å²) < 4.78 is 7.49. The number of thiocarbonyl (C=S) groups is 1. The molecule has 0 aliphatic carbocycles. The minimum absolute atomic E-state index is 0.0946. The molecule has 29 heavy (non-hydrogen) atoms. The fourth-order valence-corrected chi connectivity index (χ4v) is 4.80. The summed E-state index contributed by atoms with van der Waals surface area (Å²) in [6, 6.07) is 2.02. The second-order valence-electron chi connectivity index (χ2n) is 7.00. The van der Waals surface area contributed by atoms with Crippen molar-refractivity contribution in [3.8, 4) is 6.07 Å². The number of hydrogen-bond acceptors (Lipinski definition) is 7. The number of anilines is 1. The van der Waals surface area contributed by atoms with E-state index in [9.17, 15) is 14.9 Å². The molecular formula is C20H24N4O3S2. The first-order chi connectivity index (χ1) is 13.9. The number of pyridine rings is 1. The molecule has 0 N–H and O–H groups in total. The fourth-order valence-electron chi connectivity index (χ4n) is 3.51. The summed E-state index contributed by atoms with van der Waals surface area (Å²) in [5.74, 6) is 0.585. The first-order valence-electron chi connectivity index (χ1n) is 9.62. The van der Waals surface area contributed by atoms with Crippen molar-refractivity contribution in [3.05, 3.63) is 31.9 Å². The molecule has 2 fully saturated rings. The molecule has 1 aromatic rings. The van der Waals surface area contributed by atoms with Crippen LogP contribution in [0.2, 0.25) is 0 Å². The second-order valence-corrected chi connectivity index (χ2v) is 8.68. The molecule has 0 saturated carbocycles. The molecule has 7 nitrogen and oxygen atoms in total. The van der Waals surface area contributed by atoms with Crippen LogP contribution in [0.5, 0.6) is 0 Å². The zero-order valence-electron chi connectivity index (χ0n) is 16.9. The lowest BCUT2D eigenvalue weighted by molar-refractivity contribution is -0.122. The summed E-state index contributed by atoms with van der Waals surface area (Å²) >= 11 is 6.67. The SMILES string of the molecule is CCCCN1C(=O)/C(=C/c2c(C)c(C#N)c(=O)n(C)c2N2CCOCC2)SC1=S. The van der Waals surface area contributed by atoms with Crippen LogP contribution in [-0.4, -0.2) is 52.5 Å². The lowest BCUT2D eigenvalue weighted by Gasteiger charge is -2.32. The van der Waals surface area contributed by atoms with Gasteiger partial charge in [0.1, 0.15) is 21.8 Å². The normalized spacial score (nSPS) is 18.6. The topological polar surface area (TPSA) is 78.6 Å². The predicted molar refractivity (Wildman–Crippen MR) is 119 cm³/mol. The Bertz CT molecular complexity index is 971. The molecule has 0 aromatic carbocycles. The van der Waals surface area contributed by atoms with E-state index in [1.54, 1.807) is 24.9 Å². The van der Waals surface area contributed by atoms with Crippen LogP contribution >= 0.6 is 24.0 Å². The van der Waals surface area contributed by atoms with Gasteiger partial charge in [-0.25, -0.2) is 0 Å². The quantitative estimate of drug-likeness (QED) is 0.522. The third-order valence-electron chi connectivity index (χ3n) is 5.16. The van der Waals surface area contributed by atoms with Gasteiger partial charge in [0.05, 0.1) is 18.1 Å². The summed E-state index contributed by atoms with van der Waals surface area (Å²) in [4.78, 5) is 29.9. The fraction of sp³-hybridized carbons (Fsp3) is 0.500. The Morgan fingerprint density at radius 1 is 1.31 bits per heavy atom. The lowest BCUT2D eigenvalue weighted by atomic mass is 10.0. The van der Waals surface area contributed by atoms with Crippen LogP contribution in [0.3, 0.4) is 0 Å². The molecule has 0 unspecified atom stereocenters. The standard InChI is InChI=1S/C20H24N4O3S2/c1-4-5-6-24-19(26)16(29-20(24)28)11-14-13(2)15(12-21)18(25)22(3)17(14)23-7-9-27-10-8-23/h11H,4-10H2,1-3H3/b16-11-. The number of rotatable bonds is 5. The Hall–Kier alpha value is -2.15. The number of morpholine rings is 1. The van der Waals surface area contributed by atoms with Crippen LogP contribution in [-0.2, 0) is 16.6 Å². The van der Waals surface area contributed by atoms with Gasteiger partial charge in [0.25, 0.3) is 11.5 Å². The number of amides is 1. The van der Waals surface area contributed by atoms with Gasteiger partial charge in [-0.1, -0.05) is 37.3 Å². The number of carbonyl (C=O) groups excluding carboxylic acids is 1. The molecule has 1 aromatic heterocycles. The molecule has 9 heteroatoms. The smallest absolute Gasteiger partial charge is 0.270 e. The predicted octanol–water partition coefficient (Wildman–Crippen LogP) is 2.40. The van der Waals surface area contributed by atoms with Crippen molar-refractivity contribution in [2.45, 2.75) is 26.7 Å². The van der Waals surface area contributed by atoms with Crippen molar-refractivity contribution in [2.75, 3.05) is 37.7 Å². The van der Waals surface area contributed by atoms with E-state index in [-0.39, 0.29) is 17.0 Å². The average Bonchev–Trinajstić information content (AvgIpc) is 2.98. The molecule has 0 atom stereocenters. The van der Waals surface area contributed by atoms with Crippen LogP contribution in [0.25, 0.3) is 6.08 Å². The van der Waals surface area contributed by atoms with Crippen LogP contribution in [0.4, 0.5) is 5.82 Å². The van der Waals surface area contributed by atoms with Gasteiger partial charge >= 0.3 is 0 Å². The monoisotopic (exact) mass is 432 g/mol. The van der Waals surface area contributed by atoms with E-state index in [0.717, 1.165) is 12.8 Å². The molecule has 2 aliphatic heterocycles. The molecule has 3 heterocycles. The van der Waals surface area contributed by atoms with Gasteiger partial charge in [-0.2, -0.15) is 5.26 Å². The maximum atomic E-state index is 12.9. The minimum atomic E-state index is -0.334. The van der Waals surface area contributed by atoms with Crippen molar-refractivity contribution >= 4 is 46.1 Å². The van der Waals surface area contributed by atoms with Crippen LogP contribution in [0.15, 0.2) is 9.70 Å². The van der Waals surface area contributed by atoms with Gasteiger partial charge in [0, 0.05) is 32.2 Å². The second kappa shape index (κ2) is 9.11. The van der Waals surface area contributed by atoms with Crippen molar-refractivity contribution in [1.29, 1.82) is 5.26 Å². The number of ether oxygens (including phenoxy) is 1. The van der Waals surface area contributed by atoms with E-state index in [0.29, 0.717) is 59.0 Å². The number of thioether (sulfide) groups is 1. The molecule has 154 valence electrons. The third kappa shape index (κ3) is 4.10. The van der Waals surface area contributed by atoms with Crippen molar-refractivity contribution in [1.82, 2.24) is 9.47 Å². The van der Waals surface area contributed by atoms with E-state index >= 15 is 0 Å². The number of hydrogen-bond donors (Lipinski definition) is 0. The van der Waals surface area contributed by atoms with Crippen LogP contribution < -0.4 is 10.5 Å². The largest absolute Gasteiger partial charge is 0.378 e. The number of nitriles is 1. The third-order valence-corrected chi connectivity index (χ3v) is 6.54. The highest BCUT2D eigenvalue weighted by molar-refractivity contribution is 8.26. The highest BCUT2D eigenvalue weighted by Gasteiger charge is 2.32. The highest BCUT2D eigenvalue weighted by Crippen LogP contribution is 2.35. The van der Waals surface area contributed by atoms with Gasteiger partial charge in [0.2, 0.25) is 0 Å². The van der Waals surface area contributed by atoms with Gasteiger partial charge in [0.15, 0.2) is 0 Å². The number of carbonyl (C=O) groups is 1. The van der Waals surface area contributed by atoms with Gasteiger partial charge in [-0.15, -0.1) is 0 Å². The van der Waals surface area contributed by atoms with Gasteiger partial charge in [-0.3, -0.25) is 19.1 Å². The first kappa shape index (κ1) is 21.6. The highest BCUT2D eigenvalue weighted by atomic mass is 32.2. The first-order valence-corrected chi connectivity index (χ1v) is 10.8. The zero-order chi connectivity index (χ0) is 21.1. The van der Waals surface area contributed by atoms with E-state index in [2.05, 4.69) is 11.8 Å². The number of nitrogens with zero attached hydrogens (tertiary/aromatic N) is 4. The Morgan fingerprint density at radius 3 is 2.62 bits per heavy atom. The number of aromatic nitrogens is 1. The summed E-state index contributed by atoms with van der Waals surface area (Å²) in [7, 11) is 1.66.